The fourth-order valence-electron chi connectivity index (χ4n) is 1.18. The minimum absolute atomic E-state index is 0.119. The van der Waals surface area contributed by atoms with Gasteiger partial charge in [-0.25, -0.2) is 0 Å². The molecule has 0 aliphatic rings. The Kier molecular flexibility index (Phi) is 3.73. The monoisotopic (exact) mass is 316 g/mol. The molecule has 16 heavy (non-hydrogen) atoms. The maximum atomic E-state index is 11.7. The van der Waals surface area contributed by atoms with Gasteiger partial charge in [-0.3, -0.25) is 4.79 Å². The maximum Gasteiger partial charge on any atom is 0.271 e. The lowest BCUT2D eigenvalue weighted by molar-refractivity contribution is 0.0947. The van der Waals surface area contributed by atoms with E-state index >= 15 is 0 Å². The Labute approximate surface area is 110 Å². The highest BCUT2D eigenvalue weighted by atomic mass is 79.9. The summed E-state index contributed by atoms with van der Waals surface area (Å²) in [5.74, 6) is -0.119. The van der Waals surface area contributed by atoms with E-state index in [1.54, 1.807) is 17.4 Å². The standard InChI is InChI=1S/C10H9BrN2OS2/c1-6-2-8(13-16-6)10(14)12-4-7-3-9(11)15-5-7/h2-3,5H,4H2,1H3,(H,12,14). The molecule has 0 spiro atoms. The zero-order valence-corrected chi connectivity index (χ0v) is 11.7. The van der Waals surface area contributed by atoms with Crippen molar-refractivity contribution in [3.8, 4) is 0 Å². The van der Waals surface area contributed by atoms with Gasteiger partial charge in [0.1, 0.15) is 5.69 Å². The predicted octanol–water partition coefficient (Wildman–Crippen LogP) is 3.21. The Hall–Kier alpha value is -0.720. The number of nitrogens with zero attached hydrogens (tertiary/aromatic N) is 1. The van der Waals surface area contributed by atoms with Gasteiger partial charge in [-0.1, -0.05) is 0 Å². The van der Waals surface area contributed by atoms with E-state index < -0.39 is 0 Å². The van der Waals surface area contributed by atoms with Gasteiger partial charge in [0.2, 0.25) is 0 Å². The first-order chi connectivity index (χ1) is 7.65. The van der Waals surface area contributed by atoms with E-state index in [-0.39, 0.29) is 5.91 Å². The number of carbonyl (C=O) groups is 1. The summed E-state index contributed by atoms with van der Waals surface area (Å²) in [5, 5.41) is 4.84. The minimum Gasteiger partial charge on any atom is -0.347 e. The molecule has 84 valence electrons. The summed E-state index contributed by atoms with van der Waals surface area (Å²) in [7, 11) is 0. The molecule has 0 atom stereocenters. The van der Waals surface area contributed by atoms with Gasteiger partial charge in [0.15, 0.2) is 0 Å². The van der Waals surface area contributed by atoms with E-state index in [4.69, 9.17) is 0 Å². The average Bonchev–Trinajstić information content (AvgIpc) is 2.84. The molecule has 0 aliphatic heterocycles. The van der Waals surface area contributed by atoms with Gasteiger partial charge in [-0.2, -0.15) is 4.37 Å². The molecule has 0 aromatic carbocycles. The van der Waals surface area contributed by atoms with Crippen LogP contribution in [0.1, 0.15) is 20.9 Å². The van der Waals surface area contributed by atoms with Crippen LogP contribution in [0.25, 0.3) is 0 Å². The van der Waals surface area contributed by atoms with E-state index in [9.17, 15) is 4.79 Å². The quantitative estimate of drug-likeness (QED) is 0.944. The molecule has 2 aromatic heterocycles. The molecule has 0 fully saturated rings. The van der Waals surface area contributed by atoms with Gasteiger partial charge < -0.3 is 5.32 Å². The number of amides is 1. The van der Waals surface area contributed by atoms with Gasteiger partial charge >= 0.3 is 0 Å². The normalized spacial score (nSPS) is 10.4. The molecule has 0 saturated carbocycles. The summed E-state index contributed by atoms with van der Waals surface area (Å²) < 4.78 is 5.13. The summed E-state index contributed by atoms with van der Waals surface area (Å²) in [4.78, 5) is 12.7. The van der Waals surface area contributed by atoms with Crippen LogP contribution in [0.2, 0.25) is 0 Å². The van der Waals surface area contributed by atoms with Crippen molar-refractivity contribution in [1.82, 2.24) is 9.69 Å². The number of carbonyl (C=O) groups excluding carboxylic acids is 1. The van der Waals surface area contributed by atoms with Gasteiger partial charge in [0.05, 0.1) is 3.79 Å². The fourth-order valence-corrected chi connectivity index (χ4v) is 2.94. The van der Waals surface area contributed by atoms with Crippen LogP contribution in [-0.2, 0) is 6.54 Å². The predicted molar refractivity (Wildman–Crippen MR) is 70.0 cm³/mol. The van der Waals surface area contributed by atoms with Crippen LogP contribution in [0.5, 0.6) is 0 Å². The number of aromatic nitrogens is 1. The summed E-state index contributed by atoms with van der Waals surface area (Å²) in [6.45, 7) is 2.47. The molecule has 2 heterocycles. The van der Waals surface area contributed by atoms with Gasteiger partial charge in [-0.15, -0.1) is 11.3 Å². The Bertz CT molecular complexity index is 506. The first-order valence-corrected chi connectivity index (χ1v) is 7.04. The molecule has 1 amide bonds. The van der Waals surface area contributed by atoms with Crippen LogP contribution < -0.4 is 5.32 Å². The van der Waals surface area contributed by atoms with E-state index in [0.717, 1.165) is 14.2 Å². The highest BCUT2D eigenvalue weighted by Gasteiger charge is 2.09. The Morgan fingerprint density at radius 3 is 2.94 bits per heavy atom. The zero-order valence-electron chi connectivity index (χ0n) is 8.49. The molecule has 6 heteroatoms. The lowest BCUT2D eigenvalue weighted by Crippen LogP contribution is -2.22. The van der Waals surface area contributed by atoms with Crippen molar-refractivity contribution in [2.75, 3.05) is 0 Å². The number of hydrogen-bond acceptors (Lipinski definition) is 4. The van der Waals surface area contributed by atoms with Crippen molar-refractivity contribution in [1.29, 1.82) is 0 Å². The van der Waals surface area contributed by atoms with Crippen LogP contribution >= 0.6 is 38.8 Å². The zero-order chi connectivity index (χ0) is 11.5. The van der Waals surface area contributed by atoms with Crippen LogP contribution in [-0.4, -0.2) is 10.3 Å². The molecule has 2 rings (SSSR count). The van der Waals surface area contributed by atoms with E-state index in [1.165, 1.54) is 11.5 Å². The minimum atomic E-state index is -0.119. The number of nitrogens with one attached hydrogen (secondary N) is 1. The molecule has 0 unspecified atom stereocenters. The van der Waals surface area contributed by atoms with Gasteiger partial charge in [0.25, 0.3) is 5.91 Å². The molecule has 3 nitrogen and oxygen atoms in total. The number of thiophene rings is 1. The Morgan fingerprint density at radius 2 is 2.38 bits per heavy atom. The highest BCUT2D eigenvalue weighted by molar-refractivity contribution is 9.11. The first-order valence-electron chi connectivity index (χ1n) is 4.59. The largest absolute Gasteiger partial charge is 0.347 e. The van der Waals surface area contributed by atoms with E-state index in [1.807, 2.05) is 18.4 Å². The number of hydrogen-bond donors (Lipinski definition) is 1. The second-order valence-corrected chi connectivity index (χ2v) is 6.56. The molecular formula is C10H9BrN2OS2. The molecule has 0 saturated heterocycles. The summed E-state index contributed by atoms with van der Waals surface area (Å²) in [6, 6.07) is 3.79. The second kappa shape index (κ2) is 5.07. The molecular weight excluding hydrogens is 308 g/mol. The summed E-state index contributed by atoms with van der Waals surface area (Å²) >= 11 is 6.33. The first kappa shape index (κ1) is 11.8. The number of aryl methyl sites for hydroxylation is 1. The van der Waals surface area contributed by atoms with E-state index in [0.29, 0.717) is 12.2 Å². The molecule has 1 N–H and O–H groups in total. The van der Waals surface area contributed by atoms with Crippen molar-refractivity contribution in [3.05, 3.63) is 37.4 Å². The number of halogens is 1. The van der Waals surface area contributed by atoms with Crippen molar-refractivity contribution < 1.29 is 4.79 Å². The van der Waals surface area contributed by atoms with Crippen LogP contribution in [0.15, 0.2) is 21.3 Å². The van der Waals surface area contributed by atoms with Crippen molar-refractivity contribution in [2.24, 2.45) is 0 Å². The fraction of sp³-hybridized carbons (Fsp3) is 0.200. The van der Waals surface area contributed by atoms with Crippen molar-refractivity contribution >= 4 is 44.7 Å². The van der Waals surface area contributed by atoms with E-state index in [2.05, 4.69) is 25.6 Å². The Balaban J connectivity index is 1.93. The average molecular weight is 317 g/mol. The Morgan fingerprint density at radius 1 is 1.56 bits per heavy atom. The highest BCUT2D eigenvalue weighted by Crippen LogP contribution is 2.20. The van der Waals surface area contributed by atoms with Crippen LogP contribution in [0.4, 0.5) is 0 Å². The third-order valence-corrected chi connectivity index (χ3v) is 4.18. The van der Waals surface area contributed by atoms with Gasteiger partial charge in [-0.05, 0) is 57.5 Å². The summed E-state index contributed by atoms with van der Waals surface area (Å²) in [5.41, 5.74) is 1.59. The molecule has 2 aromatic rings. The van der Waals surface area contributed by atoms with Crippen LogP contribution in [0.3, 0.4) is 0 Å². The van der Waals surface area contributed by atoms with Gasteiger partial charge in [0, 0.05) is 11.4 Å². The van der Waals surface area contributed by atoms with Crippen molar-refractivity contribution in [3.63, 3.8) is 0 Å². The van der Waals surface area contributed by atoms with Crippen LogP contribution in [0, 0.1) is 6.92 Å². The topological polar surface area (TPSA) is 42.0 Å². The SMILES string of the molecule is Cc1cc(C(=O)NCc2csc(Br)c2)ns1. The number of rotatable bonds is 3. The summed E-state index contributed by atoms with van der Waals surface area (Å²) in [6.07, 6.45) is 0. The lowest BCUT2D eigenvalue weighted by atomic mass is 10.3. The third-order valence-electron chi connectivity index (χ3n) is 1.94. The molecule has 0 bridgehead atoms. The smallest absolute Gasteiger partial charge is 0.271 e. The second-order valence-electron chi connectivity index (χ2n) is 3.26. The lowest BCUT2D eigenvalue weighted by Gasteiger charge is -1.99. The molecule has 0 aliphatic carbocycles. The maximum absolute atomic E-state index is 11.7. The third kappa shape index (κ3) is 2.90. The molecule has 0 radical (unpaired) electrons. The van der Waals surface area contributed by atoms with Crippen molar-refractivity contribution in [2.45, 2.75) is 13.5 Å².